The normalized spacial score (nSPS) is 14.2. The van der Waals surface area contributed by atoms with Crippen molar-refractivity contribution < 1.29 is 0 Å². The van der Waals surface area contributed by atoms with E-state index in [1.807, 2.05) is 6.07 Å². The maximum Gasteiger partial charge on any atom is 0.160 e. The van der Waals surface area contributed by atoms with E-state index in [4.69, 9.17) is 9.97 Å². The van der Waals surface area contributed by atoms with E-state index in [0.717, 1.165) is 28.1 Å². The molecular weight excluding hydrogens is 749 g/mol. The van der Waals surface area contributed by atoms with E-state index in [9.17, 15) is 0 Å². The van der Waals surface area contributed by atoms with Crippen LogP contribution in [0.4, 0.5) is 0 Å². The Kier molecular flexibility index (Phi) is 7.31. The molecule has 62 heavy (non-hydrogen) atoms. The minimum absolute atomic E-state index is 0.116. The molecule has 0 saturated carbocycles. The van der Waals surface area contributed by atoms with E-state index in [-0.39, 0.29) is 10.8 Å². The van der Waals surface area contributed by atoms with Gasteiger partial charge < -0.3 is 0 Å². The largest absolute Gasteiger partial charge is 0.228 e. The fraction of sp³-hybridized carbons (Fsp3) is 0.0667. The lowest BCUT2D eigenvalue weighted by Crippen LogP contribution is -2.25. The summed E-state index contributed by atoms with van der Waals surface area (Å²) in [6.45, 7) is 4.73. The zero-order valence-electron chi connectivity index (χ0n) is 34.5. The molecule has 1 spiro atoms. The highest BCUT2D eigenvalue weighted by atomic mass is 14.9. The third kappa shape index (κ3) is 4.81. The van der Waals surface area contributed by atoms with Crippen molar-refractivity contribution in [3.8, 4) is 78.4 Å². The summed E-state index contributed by atoms with van der Waals surface area (Å²) in [6.07, 6.45) is 0. The molecule has 0 saturated heterocycles. The Labute approximate surface area is 361 Å². The first kappa shape index (κ1) is 35.1. The van der Waals surface area contributed by atoms with Gasteiger partial charge in [0.25, 0.3) is 0 Å². The zero-order valence-corrected chi connectivity index (χ0v) is 34.5. The molecule has 3 aliphatic rings. The molecule has 2 heteroatoms. The average Bonchev–Trinajstić information content (AvgIpc) is 3.89. The predicted molar refractivity (Wildman–Crippen MR) is 255 cm³/mol. The lowest BCUT2D eigenvalue weighted by molar-refractivity contribution is 0.661. The van der Waals surface area contributed by atoms with Crippen LogP contribution in [0.25, 0.3) is 89.2 Å². The highest BCUT2D eigenvalue weighted by molar-refractivity contribution is 5.99. The van der Waals surface area contributed by atoms with Gasteiger partial charge in [-0.1, -0.05) is 190 Å². The second-order valence-corrected chi connectivity index (χ2v) is 17.7. The third-order valence-electron chi connectivity index (χ3n) is 14.1. The summed E-state index contributed by atoms with van der Waals surface area (Å²) in [6, 6.07) is 75.8. The van der Waals surface area contributed by atoms with Crippen LogP contribution in [-0.4, -0.2) is 9.97 Å². The van der Waals surface area contributed by atoms with E-state index in [1.54, 1.807) is 0 Å². The highest BCUT2D eigenvalue weighted by Crippen LogP contribution is 2.63. The molecule has 0 N–H and O–H groups in total. The first-order valence-electron chi connectivity index (χ1n) is 21.6. The molecule has 9 aromatic carbocycles. The maximum atomic E-state index is 5.32. The summed E-state index contributed by atoms with van der Waals surface area (Å²) >= 11 is 0. The number of fused-ring (bicyclic) bond motifs is 14. The van der Waals surface area contributed by atoms with Gasteiger partial charge >= 0.3 is 0 Å². The van der Waals surface area contributed by atoms with Crippen LogP contribution in [0.2, 0.25) is 0 Å². The molecule has 10 aromatic rings. The van der Waals surface area contributed by atoms with E-state index in [0.29, 0.717) is 5.82 Å². The third-order valence-corrected chi connectivity index (χ3v) is 14.1. The van der Waals surface area contributed by atoms with Gasteiger partial charge in [0.2, 0.25) is 0 Å². The van der Waals surface area contributed by atoms with Gasteiger partial charge in [0, 0.05) is 22.1 Å². The van der Waals surface area contributed by atoms with Gasteiger partial charge in [-0.2, -0.15) is 0 Å². The van der Waals surface area contributed by atoms with E-state index in [1.165, 1.54) is 88.7 Å². The SMILES string of the molecule is CC1(C)c2cc3ccccc3cc2-c2c(-c3cccc(-c4cc(-c5ccc6c(c5)-c5ccccc5C65c6ccccc6-c6ccccc65)nc(-c5ccccc5)n4)c3)cccc21. The van der Waals surface area contributed by atoms with Crippen LogP contribution < -0.4 is 0 Å². The predicted octanol–water partition coefficient (Wildman–Crippen LogP) is 14.9. The average molecular weight is 789 g/mol. The number of nitrogens with zero attached hydrogens (tertiary/aromatic N) is 2. The zero-order chi connectivity index (χ0) is 41.2. The fourth-order valence-electron chi connectivity index (χ4n) is 11.3. The number of benzene rings is 9. The lowest BCUT2D eigenvalue weighted by atomic mass is 9.70. The molecular formula is C60H40N2. The van der Waals surface area contributed by atoms with Gasteiger partial charge in [-0.25, -0.2) is 9.97 Å². The number of rotatable bonds is 4. The smallest absolute Gasteiger partial charge is 0.160 e. The highest BCUT2D eigenvalue weighted by Gasteiger charge is 2.51. The van der Waals surface area contributed by atoms with Crippen molar-refractivity contribution in [2.24, 2.45) is 0 Å². The molecule has 0 radical (unpaired) electrons. The molecule has 290 valence electrons. The number of hydrogen-bond acceptors (Lipinski definition) is 2. The summed E-state index contributed by atoms with van der Waals surface area (Å²) in [5.41, 5.74) is 22.7. The van der Waals surface area contributed by atoms with Gasteiger partial charge in [0.1, 0.15) is 0 Å². The van der Waals surface area contributed by atoms with Crippen molar-refractivity contribution in [3.63, 3.8) is 0 Å². The minimum atomic E-state index is -0.384. The molecule has 0 atom stereocenters. The van der Waals surface area contributed by atoms with E-state index in [2.05, 4.69) is 214 Å². The second-order valence-electron chi connectivity index (χ2n) is 17.7. The number of hydrogen-bond donors (Lipinski definition) is 0. The van der Waals surface area contributed by atoms with Crippen LogP contribution in [0.5, 0.6) is 0 Å². The fourth-order valence-corrected chi connectivity index (χ4v) is 11.3. The van der Waals surface area contributed by atoms with Crippen molar-refractivity contribution in [2.45, 2.75) is 24.7 Å². The quantitative estimate of drug-likeness (QED) is 0.177. The van der Waals surface area contributed by atoms with Crippen molar-refractivity contribution >= 4 is 10.8 Å². The monoisotopic (exact) mass is 788 g/mol. The van der Waals surface area contributed by atoms with E-state index >= 15 is 0 Å². The Hall–Kier alpha value is -7.68. The Morgan fingerprint density at radius 3 is 1.50 bits per heavy atom. The van der Waals surface area contributed by atoms with Crippen molar-refractivity contribution in [1.29, 1.82) is 0 Å². The Balaban J connectivity index is 0.979. The Morgan fingerprint density at radius 1 is 0.306 bits per heavy atom. The van der Waals surface area contributed by atoms with Crippen LogP contribution in [-0.2, 0) is 10.8 Å². The van der Waals surface area contributed by atoms with Gasteiger partial charge in [0.15, 0.2) is 5.82 Å². The summed E-state index contributed by atoms with van der Waals surface area (Å²) in [5.74, 6) is 0.711. The molecule has 13 rings (SSSR count). The van der Waals surface area contributed by atoms with E-state index < -0.39 is 0 Å². The summed E-state index contributed by atoms with van der Waals surface area (Å²) in [7, 11) is 0. The number of aromatic nitrogens is 2. The molecule has 1 aromatic heterocycles. The molecule has 2 nitrogen and oxygen atoms in total. The standard InChI is InChI=1S/C60H40N2/c1-59(2)53-29-15-25-43(57(53)48-33-38-18-6-7-19-39(38)35-54(48)59)40-20-14-21-41(32-40)55-36-56(62-58(61-55)37-16-4-3-5-17-37)42-30-31-52-47(34-42)46-24-10-13-28-51(46)60(52)49-26-11-8-22-44(49)45-23-9-12-27-50(45)60/h3-36H,1-2H3. The first-order chi connectivity index (χ1) is 30.5. The van der Waals surface area contributed by atoms with Crippen LogP contribution >= 0.6 is 0 Å². The topological polar surface area (TPSA) is 25.8 Å². The van der Waals surface area contributed by atoms with Gasteiger partial charge in [-0.3, -0.25) is 0 Å². The minimum Gasteiger partial charge on any atom is -0.228 e. The lowest BCUT2D eigenvalue weighted by Gasteiger charge is -2.30. The summed E-state index contributed by atoms with van der Waals surface area (Å²) in [5, 5.41) is 2.55. The van der Waals surface area contributed by atoms with Crippen LogP contribution in [0.1, 0.15) is 47.2 Å². The Morgan fingerprint density at radius 2 is 0.806 bits per heavy atom. The van der Waals surface area contributed by atoms with Crippen LogP contribution in [0.3, 0.4) is 0 Å². The summed E-state index contributed by atoms with van der Waals surface area (Å²) in [4.78, 5) is 10.6. The van der Waals surface area contributed by atoms with Gasteiger partial charge in [0.05, 0.1) is 16.8 Å². The molecule has 3 aliphatic carbocycles. The van der Waals surface area contributed by atoms with Crippen LogP contribution in [0, 0.1) is 0 Å². The molecule has 1 heterocycles. The van der Waals surface area contributed by atoms with Crippen molar-refractivity contribution in [1.82, 2.24) is 9.97 Å². The van der Waals surface area contributed by atoms with Gasteiger partial charge in [-0.05, 0) is 119 Å². The Bertz CT molecular complexity index is 3460. The molecule has 0 aliphatic heterocycles. The van der Waals surface area contributed by atoms with Crippen LogP contribution in [0.15, 0.2) is 206 Å². The first-order valence-corrected chi connectivity index (χ1v) is 21.6. The van der Waals surface area contributed by atoms with Crippen molar-refractivity contribution in [2.75, 3.05) is 0 Å². The van der Waals surface area contributed by atoms with Gasteiger partial charge in [-0.15, -0.1) is 0 Å². The summed E-state index contributed by atoms with van der Waals surface area (Å²) < 4.78 is 0. The second kappa shape index (κ2) is 12.9. The molecule has 0 amide bonds. The maximum absolute atomic E-state index is 5.32. The molecule has 0 unspecified atom stereocenters. The molecule has 0 fully saturated rings. The van der Waals surface area contributed by atoms with Crippen molar-refractivity contribution in [3.05, 3.63) is 240 Å². The molecule has 0 bridgehead atoms.